The van der Waals surface area contributed by atoms with Gasteiger partial charge in [-0.15, -0.1) is 12.3 Å². The molecule has 1 N–H and O–H groups in total. The largest absolute Gasteiger partial charge is 0.481 e. The fourth-order valence-electron chi connectivity index (χ4n) is 0. The molecule has 0 bridgehead atoms. The third-order valence-corrected chi connectivity index (χ3v) is 1.17. The maximum Gasteiger partial charge on any atom is 0.303 e. The quantitative estimate of drug-likeness (QED) is 0.586. The predicted octanol–water partition coefficient (Wildman–Crippen LogP) is 0.828. The topological polar surface area (TPSA) is 37.3 Å². The molecule has 0 unspecified atom stereocenters. The summed E-state index contributed by atoms with van der Waals surface area (Å²) in [5, 5.41) is 7.72. The van der Waals surface area contributed by atoms with Gasteiger partial charge < -0.3 is 5.11 Å². The molecule has 0 aliphatic carbocycles. The molecule has 0 aromatic carbocycles. The molecule has 0 saturated carbocycles. The van der Waals surface area contributed by atoms with Gasteiger partial charge >= 0.3 is 5.97 Å². The van der Waals surface area contributed by atoms with Gasteiger partial charge in [0.25, 0.3) is 0 Å². The van der Waals surface area contributed by atoms with Gasteiger partial charge in [-0.1, -0.05) is 13.5 Å². The van der Waals surface area contributed by atoms with E-state index in [-0.39, 0.29) is 15.9 Å². The molecule has 0 aromatic heterocycles. The normalized spacial score (nSPS) is 8.22. The average Bonchev–Trinajstić information content (AvgIpc) is 1.89. The summed E-state index contributed by atoms with van der Waals surface area (Å²) in [6.45, 7) is 7.34. The minimum atomic E-state index is -0.745. The molecular weight excluding hydrogens is 132 g/mol. The molecular formula is C6H14O2Si. The summed E-state index contributed by atoms with van der Waals surface area (Å²) in [7, 11) is 0.188. The number of hydrogen-bond donors (Lipinski definition) is 1. The molecule has 2 nitrogen and oxygen atoms in total. The third kappa shape index (κ3) is 37.1. The number of aliphatic carboxylic acids is 1. The first-order chi connectivity index (χ1) is 4.18. The molecule has 0 heterocycles. The minimum Gasteiger partial charge on any atom is -0.481 e. The van der Waals surface area contributed by atoms with Crippen molar-refractivity contribution in [3.8, 4) is 0 Å². The smallest absolute Gasteiger partial charge is 0.303 e. The van der Waals surface area contributed by atoms with Crippen molar-refractivity contribution in [3.63, 3.8) is 0 Å². The fraction of sp³-hybridized carbons (Fsp3) is 0.500. The first-order valence-corrected chi connectivity index (χ1v) is 5.24. The SMILES string of the molecule is C=C[SiH2]C.CCC(=O)O. The van der Waals surface area contributed by atoms with E-state index >= 15 is 0 Å². The second kappa shape index (κ2) is 10.4. The van der Waals surface area contributed by atoms with Crippen molar-refractivity contribution in [1.29, 1.82) is 0 Å². The van der Waals surface area contributed by atoms with Crippen LogP contribution >= 0.6 is 0 Å². The van der Waals surface area contributed by atoms with Crippen LogP contribution in [-0.2, 0) is 4.79 Å². The van der Waals surface area contributed by atoms with Crippen molar-refractivity contribution in [2.75, 3.05) is 0 Å². The Kier molecular flexibility index (Phi) is 13.0. The van der Waals surface area contributed by atoms with E-state index in [1.807, 2.05) is 5.70 Å². The van der Waals surface area contributed by atoms with Gasteiger partial charge in [0.2, 0.25) is 0 Å². The highest BCUT2D eigenvalue weighted by Gasteiger charge is 1.80. The average molecular weight is 146 g/mol. The van der Waals surface area contributed by atoms with E-state index in [1.54, 1.807) is 6.92 Å². The Morgan fingerprint density at radius 3 is 2.11 bits per heavy atom. The van der Waals surface area contributed by atoms with Gasteiger partial charge in [-0.05, 0) is 0 Å². The zero-order chi connectivity index (χ0) is 7.70. The molecule has 0 rings (SSSR count). The first-order valence-electron chi connectivity index (χ1n) is 3.01. The van der Waals surface area contributed by atoms with Crippen LogP contribution in [0.2, 0.25) is 6.55 Å². The highest BCUT2D eigenvalue weighted by Crippen LogP contribution is 1.67. The summed E-state index contributed by atoms with van der Waals surface area (Å²) >= 11 is 0. The number of hydrogen-bond acceptors (Lipinski definition) is 1. The van der Waals surface area contributed by atoms with Crippen molar-refractivity contribution in [3.05, 3.63) is 12.3 Å². The van der Waals surface area contributed by atoms with Crippen molar-refractivity contribution in [1.82, 2.24) is 0 Å². The summed E-state index contributed by atoms with van der Waals surface area (Å²) in [5.74, 6) is -0.745. The van der Waals surface area contributed by atoms with E-state index in [9.17, 15) is 4.79 Å². The van der Waals surface area contributed by atoms with Crippen LogP contribution in [0.25, 0.3) is 0 Å². The van der Waals surface area contributed by atoms with Crippen molar-refractivity contribution < 1.29 is 9.90 Å². The molecule has 0 fully saturated rings. The zero-order valence-corrected chi connectivity index (χ0v) is 7.47. The van der Waals surface area contributed by atoms with E-state index in [1.165, 1.54) is 0 Å². The van der Waals surface area contributed by atoms with Crippen LogP contribution in [0.3, 0.4) is 0 Å². The maximum atomic E-state index is 9.37. The van der Waals surface area contributed by atoms with Gasteiger partial charge in [0, 0.05) is 15.9 Å². The van der Waals surface area contributed by atoms with Gasteiger partial charge in [-0.25, -0.2) is 0 Å². The maximum absolute atomic E-state index is 9.37. The van der Waals surface area contributed by atoms with E-state index in [0.29, 0.717) is 0 Å². The molecule has 0 aromatic rings. The lowest BCUT2D eigenvalue weighted by Gasteiger charge is -1.71. The highest BCUT2D eigenvalue weighted by molar-refractivity contribution is 6.39. The number of rotatable bonds is 2. The van der Waals surface area contributed by atoms with Crippen LogP contribution in [-0.4, -0.2) is 20.6 Å². The van der Waals surface area contributed by atoms with Gasteiger partial charge in [-0.3, -0.25) is 4.79 Å². The summed E-state index contributed by atoms with van der Waals surface area (Å²) in [4.78, 5) is 9.37. The third-order valence-electron chi connectivity index (χ3n) is 0.591. The Balaban J connectivity index is 0. The lowest BCUT2D eigenvalue weighted by Crippen LogP contribution is -1.86. The van der Waals surface area contributed by atoms with Crippen LogP contribution in [0.5, 0.6) is 0 Å². The summed E-state index contributed by atoms with van der Waals surface area (Å²) in [6.07, 6.45) is 0.222. The van der Waals surface area contributed by atoms with E-state index in [0.717, 1.165) is 0 Å². The predicted molar refractivity (Wildman–Crippen MR) is 42.5 cm³/mol. The van der Waals surface area contributed by atoms with Crippen LogP contribution < -0.4 is 0 Å². The standard InChI is InChI=1S/C3H6O2.C3H8Si/c1-2-3(4)5;1-3-4-2/h2H2,1H3,(H,4,5);3H,1,4H2,2H3. The van der Waals surface area contributed by atoms with Crippen molar-refractivity contribution in [2.45, 2.75) is 19.9 Å². The minimum absolute atomic E-state index is 0.188. The number of carbonyl (C=O) groups is 1. The molecule has 0 aliphatic heterocycles. The van der Waals surface area contributed by atoms with Crippen LogP contribution in [0.1, 0.15) is 13.3 Å². The summed E-state index contributed by atoms with van der Waals surface area (Å²) in [5.41, 5.74) is 2.01. The number of carboxylic acid groups (broad SMARTS) is 1. The van der Waals surface area contributed by atoms with Gasteiger partial charge in [0.05, 0.1) is 0 Å². The fourth-order valence-corrected chi connectivity index (χ4v) is 0. The van der Waals surface area contributed by atoms with Crippen LogP contribution in [0, 0.1) is 0 Å². The Labute approximate surface area is 58.4 Å². The molecule has 0 atom stereocenters. The zero-order valence-electron chi connectivity index (χ0n) is 6.05. The lowest BCUT2D eigenvalue weighted by atomic mass is 10.5. The molecule has 0 spiro atoms. The van der Waals surface area contributed by atoms with Gasteiger partial charge in [0.1, 0.15) is 0 Å². The second-order valence-corrected chi connectivity index (χ2v) is 2.84. The summed E-state index contributed by atoms with van der Waals surface area (Å²) in [6, 6.07) is 0. The Hall–Kier alpha value is -0.573. The number of carboxylic acids is 1. The molecule has 54 valence electrons. The van der Waals surface area contributed by atoms with Gasteiger partial charge in [-0.2, -0.15) is 0 Å². The van der Waals surface area contributed by atoms with Gasteiger partial charge in [0.15, 0.2) is 0 Å². The van der Waals surface area contributed by atoms with E-state index in [2.05, 4.69) is 13.1 Å². The Morgan fingerprint density at radius 2 is 2.11 bits per heavy atom. The monoisotopic (exact) mass is 146 g/mol. The molecule has 0 aliphatic rings. The molecule has 0 saturated heterocycles. The Bertz CT molecular complexity index is 81.1. The molecule has 9 heavy (non-hydrogen) atoms. The van der Waals surface area contributed by atoms with Crippen LogP contribution in [0.15, 0.2) is 12.3 Å². The Morgan fingerprint density at radius 1 is 1.89 bits per heavy atom. The molecule has 0 amide bonds. The van der Waals surface area contributed by atoms with Crippen molar-refractivity contribution >= 4 is 15.5 Å². The second-order valence-electron chi connectivity index (χ2n) is 1.44. The van der Waals surface area contributed by atoms with E-state index < -0.39 is 5.97 Å². The van der Waals surface area contributed by atoms with Crippen LogP contribution in [0.4, 0.5) is 0 Å². The lowest BCUT2D eigenvalue weighted by molar-refractivity contribution is -0.136. The van der Waals surface area contributed by atoms with Crippen molar-refractivity contribution in [2.24, 2.45) is 0 Å². The first kappa shape index (κ1) is 11.3. The molecule has 0 radical (unpaired) electrons. The summed E-state index contributed by atoms with van der Waals surface area (Å²) < 4.78 is 0. The van der Waals surface area contributed by atoms with E-state index in [4.69, 9.17) is 5.11 Å². The highest BCUT2D eigenvalue weighted by atomic mass is 28.2. The molecule has 3 heteroatoms.